The van der Waals surface area contributed by atoms with E-state index in [0.717, 1.165) is 38.5 Å². The van der Waals surface area contributed by atoms with Crippen LogP contribution in [-0.4, -0.2) is 30.2 Å². The predicted octanol–water partition coefficient (Wildman–Crippen LogP) is 2.70. The molecule has 0 amide bonds. The molecule has 2 saturated carbocycles. The summed E-state index contributed by atoms with van der Waals surface area (Å²) in [6.07, 6.45) is 10.3. The average Bonchev–Trinajstić information content (AvgIpc) is 2.46. The third kappa shape index (κ3) is 3.79. The van der Waals surface area contributed by atoms with Gasteiger partial charge in [-0.15, -0.1) is 0 Å². The Hall–Kier alpha value is -0.410. The second-order valence-corrected chi connectivity index (χ2v) is 5.81. The predicted molar refractivity (Wildman–Crippen MR) is 70.4 cm³/mol. The Morgan fingerprint density at radius 2 is 1.56 bits per heavy atom. The van der Waals surface area contributed by atoms with Crippen LogP contribution in [-0.2, 0) is 9.53 Å². The molecule has 0 bridgehead atoms. The van der Waals surface area contributed by atoms with Crippen LogP contribution in [0.25, 0.3) is 0 Å². The van der Waals surface area contributed by atoms with Crippen molar-refractivity contribution < 1.29 is 14.6 Å². The Morgan fingerprint density at radius 1 is 0.944 bits per heavy atom. The van der Waals surface area contributed by atoms with E-state index >= 15 is 0 Å². The maximum Gasteiger partial charge on any atom is 0.139 e. The lowest BCUT2D eigenvalue weighted by atomic mass is 9.76. The van der Waals surface area contributed by atoms with Crippen LogP contribution >= 0.6 is 0 Å². The van der Waals surface area contributed by atoms with Crippen molar-refractivity contribution in [3.8, 4) is 0 Å². The van der Waals surface area contributed by atoms with Gasteiger partial charge in [-0.1, -0.05) is 19.3 Å². The first-order valence-corrected chi connectivity index (χ1v) is 7.57. The van der Waals surface area contributed by atoms with Gasteiger partial charge in [-0.3, -0.25) is 4.79 Å². The van der Waals surface area contributed by atoms with Gasteiger partial charge < -0.3 is 9.84 Å². The molecule has 2 aliphatic carbocycles. The van der Waals surface area contributed by atoms with Gasteiger partial charge in [0, 0.05) is 11.8 Å². The highest BCUT2D eigenvalue weighted by atomic mass is 16.5. The van der Waals surface area contributed by atoms with E-state index in [9.17, 15) is 4.79 Å². The summed E-state index contributed by atoms with van der Waals surface area (Å²) in [6.45, 7) is 0.535. The second kappa shape index (κ2) is 7.25. The number of carbonyl (C=O) groups excluding carboxylic acids is 1. The number of hydrogen-bond donors (Lipinski definition) is 1. The molecule has 104 valence electrons. The maximum atomic E-state index is 12.4. The number of Topliss-reactive ketones (excluding diaryl/α,β-unsaturated/α-hetero) is 1. The highest BCUT2D eigenvalue weighted by Gasteiger charge is 2.31. The van der Waals surface area contributed by atoms with Gasteiger partial charge in [0.1, 0.15) is 5.78 Å². The van der Waals surface area contributed by atoms with E-state index in [4.69, 9.17) is 9.84 Å². The number of ketones is 1. The number of ether oxygens (including phenoxy) is 1. The van der Waals surface area contributed by atoms with Crippen LogP contribution < -0.4 is 0 Å². The van der Waals surface area contributed by atoms with Gasteiger partial charge in [0.05, 0.1) is 19.3 Å². The number of hydrogen-bond acceptors (Lipinski definition) is 3. The zero-order valence-electron chi connectivity index (χ0n) is 11.3. The number of aliphatic hydroxyl groups is 1. The Balaban J connectivity index is 1.73. The molecule has 0 atom stereocenters. The van der Waals surface area contributed by atoms with E-state index in [1.54, 1.807) is 0 Å². The van der Waals surface area contributed by atoms with Gasteiger partial charge >= 0.3 is 0 Å². The summed E-state index contributed by atoms with van der Waals surface area (Å²) in [6, 6.07) is 0. The minimum Gasteiger partial charge on any atom is -0.394 e. The molecule has 2 rings (SSSR count). The Labute approximate surface area is 110 Å². The average molecular weight is 254 g/mol. The van der Waals surface area contributed by atoms with E-state index in [1.807, 2.05) is 0 Å². The van der Waals surface area contributed by atoms with E-state index in [2.05, 4.69) is 0 Å². The van der Waals surface area contributed by atoms with Gasteiger partial charge in [-0.2, -0.15) is 0 Å². The molecular weight excluding hydrogens is 228 g/mol. The van der Waals surface area contributed by atoms with Gasteiger partial charge in [0.15, 0.2) is 0 Å². The molecule has 0 unspecified atom stereocenters. The lowest BCUT2D eigenvalue weighted by Gasteiger charge is -2.31. The molecule has 0 aromatic carbocycles. The number of aliphatic hydroxyl groups excluding tert-OH is 1. The summed E-state index contributed by atoms with van der Waals surface area (Å²) in [7, 11) is 0. The molecule has 0 saturated heterocycles. The van der Waals surface area contributed by atoms with Crippen molar-refractivity contribution in [2.45, 2.75) is 63.9 Å². The van der Waals surface area contributed by atoms with Crippen LogP contribution in [0, 0.1) is 11.8 Å². The standard InChI is InChI=1S/C15H26O3/c16-10-11-18-14-8-6-13(7-9-14)15(17)12-4-2-1-3-5-12/h12-14,16H,1-11H2. The van der Waals surface area contributed by atoms with Gasteiger partial charge in [-0.25, -0.2) is 0 Å². The first-order chi connectivity index (χ1) is 8.81. The molecule has 0 aliphatic heterocycles. The summed E-state index contributed by atoms with van der Waals surface area (Å²) in [4.78, 5) is 12.4. The van der Waals surface area contributed by atoms with Crippen molar-refractivity contribution in [1.82, 2.24) is 0 Å². The van der Waals surface area contributed by atoms with Crippen LogP contribution in [0.4, 0.5) is 0 Å². The maximum absolute atomic E-state index is 12.4. The lowest BCUT2D eigenvalue weighted by Crippen LogP contribution is -2.31. The van der Waals surface area contributed by atoms with Gasteiger partial charge in [0.25, 0.3) is 0 Å². The molecule has 0 aromatic rings. The Morgan fingerprint density at radius 3 is 2.17 bits per heavy atom. The smallest absolute Gasteiger partial charge is 0.139 e. The topological polar surface area (TPSA) is 46.5 Å². The van der Waals surface area contributed by atoms with Crippen molar-refractivity contribution in [1.29, 1.82) is 0 Å². The molecule has 0 heterocycles. The molecular formula is C15H26O3. The third-order valence-corrected chi connectivity index (χ3v) is 4.53. The highest BCUT2D eigenvalue weighted by Crippen LogP contribution is 2.33. The van der Waals surface area contributed by atoms with Gasteiger partial charge in [-0.05, 0) is 38.5 Å². The van der Waals surface area contributed by atoms with Crippen molar-refractivity contribution in [2.75, 3.05) is 13.2 Å². The molecule has 0 spiro atoms. The Bertz CT molecular complexity index is 250. The molecule has 18 heavy (non-hydrogen) atoms. The fourth-order valence-electron chi connectivity index (χ4n) is 3.45. The normalized spacial score (nSPS) is 30.3. The fraction of sp³-hybridized carbons (Fsp3) is 0.933. The summed E-state index contributed by atoms with van der Waals surface area (Å²) < 4.78 is 5.54. The number of carbonyl (C=O) groups is 1. The van der Waals surface area contributed by atoms with Crippen LogP contribution in [0.15, 0.2) is 0 Å². The van der Waals surface area contributed by atoms with Crippen LogP contribution in [0.5, 0.6) is 0 Å². The lowest BCUT2D eigenvalue weighted by molar-refractivity contribution is -0.129. The Kier molecular flexibility index (Phi) is 5.64. The summed E-state index contributed by atoms with van der Waals surface area (Å²) in [5.74, 6) is 1.19. The molecule has 2 aliphatic rings. The van der Waals surface area contributed by atoms with Crippen molar-refractivity contribution >= 4 is 5.78 Å². The van der Waals surface area contributed by atoms with Crippen LogP contribution in [0.1, 0.15) is 57.8 Å². The van der Waals surface area contributed by atoms with E-state index < -0.39 is 0 Å². The quantitative estimate of drug-likeness (QED) is 0.820. The van der Waals surface area contributed by atoms with E-state index in [0.29, 0.717) is 24.2 Å². The second-order valence-electron chi connectivity index (χ2n) is 5.81. The summed E-state index contributed by atoms with van der Waals surface area (Å²) in [5.41, 5.74) is 0. The molecule has 3 nitrogen and oxygen atoms in total. The zero-order chi connectivity index (χ0) is 12.8. The third-order valence-electron chi connectivity index (χ3n) is 4.53. The van der Waals surface area contributed by atoms with Gasteiger partial charge in [0.2, 0.25) is 0 Å². The minimum atomic E-state index is 0.0981. The van der Waals surface area contributed by atoms with Crippen molar-refractivity contribution in [3.05, 3.63) is 0 Å². The molecule has 3 heteroatoms. The molecule has 0 radical (unpaired) electrons. The van der Waals surface area contributed by atoms with E-state index in [-0.39, 0.29) is 12.7 Å². The minimum absolute atomic E-state index is 0.0981. The highest BCUT2D eigenvalue weighted by molar-refractivity contribution is 5.83. The number of rotatable bonds is 5. The first kappa shape index (κ1) is 14.0. The largest absolute Gasteiger partial charge is 0.394 e. The molecule has 2 fully saturated rings. The molecule has 0 aromatic heterocycles. The monoisotopic (exact) mass is 254 g/mol. The zero-order valence-corrected chi connectivity index (χ0v) is 11.3. The van der Waals surface area contributed by atoms with E-state index in [1.165, 1.54) is 19.3 Å². The van der Waals surface area contributed by atoms with Crippen molar-refractivity contribution in [3.63, 3.8) is 0 Å². The molecule has 1 N–H and O–H groups in total. The fourth-order valence-corrected chi connectivity index (χ4v) is 3.45. The van der Waals surface area contributed by atoms with Crippen LogP contribution in [0.2, 0.25) is 0 Å². The summed E-state index contributed by atoms with van der Waals surface area (Å²) >= 11 is 0. The van der Waals surface area contributed by atoms with Crippen molar-refractivity contribution in [2.24, 2.45) is 11.8 Å². The first-order valence-electron chi connectivity index (χ1n) is 7.57. The summed E-state index contributed by atoms with van der Waals surface area (Å²) in [5, 5.41) is 8.73. The van der Waals surface area contributed by atoms with Crippen LogP contribution in [0.3, 0.4) is 0 Å². The SMILES string of the molecule is O=C(C1CCCCC1)C1CCC(OCCO)CC1.